The predicted molar refractivity (Wildman–Crippen MR) is 88.8 cm³/mol. The van der Waals surface area contributed by atoms with Crippen LogP contribution in [0.25, 0.3) is 0 Å². The number of carbonyl (C=O) groups excluding carboxylic acids is 3. The normalized spacial score (nSPS) is 17.8. The van der Waals surface area contributed by atoms with Gasteiger partial charge < -0.3 is 9.80 Å². The van der Waals surface area contributed by atoms with Gasteiger partial charge in [0.1, 0.15) is 6.04 Å². The Labute approximate surface area is 142 Å². The highest BCUT2D eigenvalue weighted by Gasteiger charge is 2.42. The molecule has 1 aliphatic heterocycles. The van der Waals surface area contributed by atoms with Crippen LogP contribution in [0.1, 0.15) is 26.0 Å². The van der Waals surface area contributed by atoms with Crippen molar-refractivity contribution in [3.63, 3.8) is 0 Å². The maximum absolute atomic E-state index is 12.7. The maximum Gasteiger partial charge on any atom is 0.326 e. The average molecular weight is 332 g/mol. The number of aromatic nitrogens is 1. The van der Waals surface area contributed by atoms with Crippen LogP contribution in [0.3, 0.4) is 0 Å². The first-order chi connectivity index (χ1) is 11.3. The highest BCUT2D eigenvalue weighted by atomic mass is 16.2. The van der Waals surface area contributed by atoms with Gasteiger partial charge in [0.05, 0.1) is 18.7 Å². The van der Waals surface area contributed by atoms with Gasteiger partial charge >= 0.3 is 6.03 Å². The first-order valence-corrected chi connectivity index (χ1v) is 8.03. The molecule has 0 radical (unpaired) electrons. The van der Waals surface area contributed by atoms with Crippen LogP contribution in [0.4, 0.5) is 4.79 Å². The van der Waals surface area contributed by atoms with E-state index in [9.17, 15) is 14.4 Å². The zero-order valence-electron chi connectivity index (χ0n) is 14.6. The van der Waals surface area contributed by atoms with Crippen molar-refractivity contribution in [1.82, 2.24) is 19.7 Å². The third-order valence-electron chi connectivity index (χ3n) is 4.06. The van der Waals surface area contributed by atoms with E-state index in [1.165, 1.54) is 11.9 Å². The minimum atomic E-state index is -0.728. The SMILES string of the molecule is CC(C)CN(Cc1ccccn1)C(=O)C[C@@H]1C(=O)N(C)C(=O)N1C. The molecule has 0 unspecified atom stereocenters. The molecule has 2 rings (SSSR count). The highest BCUT2D eigenvalue weighted by molar-refractivity contribution is 6.05. The molecule has 1 atom stereocenters. The highest BCUT2D eigenvalue weighted by Crippen LogP contribution is 2.18. The number of carbonyl (C=O) groups is 3. The summed E-state index contributed by atoms with van der Waals surface area (Å²) < 4.78 is 0. The summed E-state index contributed by atoms with van der Waals surface area (Å²) >= 11 is 0. The summed E-state index contributed by atoms with van der Waals surface area (Å²) in [6.45, 7) is 5.03. The van der Waals surface area contributed by atoms with Crippen LogP contribution in [-0.4, -0.2) is 64.2 Å². The molecule has 1 saturated heterocycles. The van der Waals surface area contributed by atoms with Crippen molar-refractivity contribution in [1.29, 1.82) is 0 Å². The standard InChI is InChI=1S/C17H24N4O3/c1-12(2)10-21(11-13-7-5-6-8-18-13)15(22)9-14-16(23)20(4)17(24)19(14)3/h5-8,12,14H,9-11H2,1-4H3/t14-/m1/s1. The fourth-order valence-electron chi connectivity index (χ4n) is 2.75. The van der Waals surface area contributed by atoms with Gasteiger partial charge in [-0.1, -0.05) is 19.9 Å². The third-order valence-corrected chi connectivity index (χ3v) is 4.06. The van der Waals surface area contributed by atoms with Crippen LogP contribution >= 0.6 is 0 Å². The van der Waals surface area contributed by atoms with E-state index in [-0.39, 0.29) is 24.3 Å². The number of amides is 4. The largest absolute Gasteiger partial charge is 0.336 e. The van der Waals surface area contributed by atoms with E-state index in [0.717, 1.165) is 10.6 Å². The second-order valence-electron chi connectivity index (χ2n) is 6.50. The van der Waals surface area contributed by atoms with Crippen molar-refractivity contribution < 1.29 is 14.4 Å². The van der Waals surface area contributed by atoms with E-state index in [2.05, 4.69) is 4.98 Å². The molecule has 7 heteroatoms. The summed E-state index contributed by atoms with van der Waals surface area (Å²) in [5.41, 5.74) is 0.797. The molecule has 0 aromatic carbocycles. The van der Waals surface area contributed by atoms with E-state index in [1.54, 1.807) is 18.1 Å². The van der Waals surface area contributed by atoms with E-state index in [1.807, 2.05) is 32.0 Å². The lowest BCUT2D eigenvalue weighted by Gasteiger charge is -2.26. The van der Waals surface area contributed by atoms with Crippen molar-refractivity contribution in [2.24, 2.45) is 5.92 Å². The van der Waals surface area contributed by atoms with Crippen molar-refractivity contribution >= 4 is 17.8 Å². The molecule has 2 heterocycles. The Balaban J connectivity index is 2.10. The van der Waals surface area contributed by atoms with E-state index in [4.69, 9.17) is 0 Å². The fourth-order valence-corrected chi connectivity index (χ4v) is 2.75. The van der Waals surface area contributed by atoms with E-state index in [0.29, 0.717) is 19.0 Å². The van der Waals surface area contributed by atoms with Gasteiger partial charge in [0, 0.05) is 26.8 Å². The first-order valence-electron chi connectivity index (χ1n) is 8.03. The molecule has 4 amide bonds. The quantitative estimate of drug-likeness (QED) is 0.737. The number of pyridine rings is 1. The topological polar surface area (TPSA) is 73.8 Å². The lowest BCUT2D eigenvalue weighted by Crippen LogP contribution is -2.40. The van der Waals surface area contributed by atoms with Gasteiger partial charge in [-0.3, -0.25) is 19.5 Å². The second kappa shape index (κ2) is 7.42. The molecular weight excluding hydrogens is 308 g/mol. The Kier molecular flexibility index (Phi) is 5.54. The summed E-state index contributed by atoms with van der Waals surface area (Å²) in [4.78, 5) is 45.1. The predicted octanol–water partition coefficient (Wildman–Crippen LogP) is 1.35. The maximum atomic E-state index is 12.7. The Hall–Kier alpha value is -2.44. The fraction of sp³-hybridized carbons (Fsp3) is 0.529. The number of nitrogens with zero attached hydrogens (tertiary/aromatic N) is 4. The zero-order chi connectivity index (χ0) is 17.9. The Morgan fingerprint density at radius 1 is 1.29 bits per heavy atom. The summed E-state index contributed by atoms with van der Waals surface area (Å²) in [5, 5.41) is 0. The smallest absolute Gasteiger partial charge is 0.326 e. The minimum absolute atomic E-state index is 0.00896. The monoisotopic (exact) mass is 332 g/mol. The molecule has 1 aromatic heterocycles. The molecule has 7 nitrogen and oxygen atoms in total. The summed E-state index contributed by atoms with van der Waals surface area (Å²) in [6, 6.07) is 4.46. The van der Waals surface area contributed by atoms with Crippen molar-refractivity contribution in [2.45, 2.75) is 32.9 Å². The molecule has 1 fully saturated rings. The van der Waals surface area contributed by atoms with Crippen LogP contribution in [0.15, 0.2) is 24.4 Å². The van der Waals surface area contributed by atoms with E-state index >= 15 is 0 Å². The number of hydrogen-bond acceptors (Lipinski definition) is 4. The van der Waals surface area contributed by atoms with Crippen LogP contribution in [-0.2, 0) is 16.1 Å². The molecule has 0 spiro atoms. The number of rotatable bonds is 6. The van der Waals surface area contributed by atoms with Crippen molar-refractivity contribution in [2.75, 3.05) is 20.6 Å². The molecule has 1 aliphatic rings. The van der Waals surface area contributed by atoms with Gasteiger partial charge in [-0.05, 0) is 18.1 Å². The summed E-state index contributed by atoms with van der Waals surface area (Å²) in [7, 11) is 2.98. The summed E-state index contributed by atoms with van der Waals surface area (Å²) in [5.74, 6) is -0.195. The molecule has 24 heavy (non-hydrogen) atoms. The zero-order valence-corrected chi connectivity index (χ0v) is 14.6. The van der Waals surface area contributed by atoms with Gasteiger partial charge in [-0.2, -0.15) is 0 Å². The molecule has 1 aromatic rings. The Morgan fingerprint density at radius 2 is 2.00 bits per heavy atom. The number of likely N-dealkylation sites (N-methyl/N-ethyl adjacent to an activating group) is 2. The lowest BCUT2D eigenvalue weighted by atomic mass is 10.1. The van der Waals surface area contributed by atoms with Gasteiger partial charge in [0.25, 0.3) is 5.91 Å². The summed E-state index contributed by atoms with van der Waals surface area (Å²) in [6.07, 6.45) is 1.68. The lowest BCUT2D eigenvalue weighted by molar-refractivity contribution is -0.137. The molecule has 0 N–H and O–H groups in total. The van der Waals surface area contributed by atoms with Crippen LogP contribution in [0.5, 0.6) is 0 Å². The molecular formula is C17H24N4O3. The average Bonchev–Trinajstić information content (AvgIpc) is 2.72. The van der Waals surface area contributed by atoms with Crippen LogP contribution < -0.4 is 0 Å². The van der Waals surface area contributed by atoms with Crippen molar-refractivity contribution in [3.05, 3.63) is 30.1 Å². The van der Waals surface area contributed by atoms with Gasteiger partial charge in [-0.25, -0.2) is 4.79 Å². The van der Waals surface area contributed by atoms with Crippen molar-refractivity contribution in [3.8, 4) is 0 Å². The molecule has 130 valence electrons. The Morgan fingerprint density at radius 3 is 2.50 bits per heavy atom. The van der Waals surface area contributed by atoms with Crippen LogP contribution in [0.2, 0.25) is 0 Å². The minimum Gasteiger partial charge on any atom is -0.336 e. The van der Waals surface area contributed by atoms with Gasteiger partial charge in [-0.15, -0.1) is 0 Å². The molecule has 0 bridgehead atoms. The third kappa shape index (κ3) is 3.90. The van der Waals surface area contributed by atoms with Gasteiger partial charge in [0.15, 0.2) is 0 Å². The number of urea groups is 1. The molecule has 0 aliphatic carbocycles. The second-order valence-corrected chi connectivity index (χ2v) is 6.50. The van der Waals surface area contributed by atoms with Gasteiger partial charge in [0.2, 0.25) is 5.91 Å². The van der Waals surface area contributed by atoms with Crippen LogP contribution in [0, 0.1) is 5.92 Å². The molecule has 0 saturated carbocycles. The van der Waals surface area contributed by atoms with E-state index < -0.39 is 6.04 Å². The Bertz CT molecular complexity index is 618. The first kappa shape index (κ1) is 17.9. The number of hydrogen-bond donors (Lipinski definition) is 0. The number of imide groups is 1.